The topological polar surface area (TPSA) is 78.1 Å². The summed E-state index contributed by atoms with van der Waals surface area (Å²) in [5.74, 6) is -1.41. The van der Waals surface area contributed by atoms with Gasteiger partial charge in [-0.25, -0.2) is 13.2 Å². The molecule has 0 saturated heterocycles. The van der Waals surface area contributed by atoms with Crippen LogP contribution in [0.25, 0.3) is 54.6 Å². The smallest absolute Gasteiger partial charge is 0.138 e. The first-order valence-corrected chi connectivity index (χ1v) is 11.3. The van der Waals surface area contributed by atoms with Gasteiger partial charge in [-0.05, 0) is 65.0 Å². The van der Waals surface area contributed by atoms with Gasteiger partial charge in [0.15, 0.2) is 0 Å². The monoisotopic (exact) mass is 479 g/mol. The van der Waals surface area contributed by atoms with E-state index in [0.29, 0.717) is 60.7 Å². The molecule has 6 aromatic carbocycles. The highest BCUT2D eigenvalue weighted by atomic mass is 19.1. The van der Waals surface area contributed by atoms with Gasteiger partial charge < -0.3 is 17.2 Å². The summed E-state index contributed by atoms with van der Waals surface area (Å²) in [6.07, 6.45) is 0. The maximum absolute atomic E-state index is 15.9. The summed E-state index contributed by atoms with van der Waals surface area (Å²) in [6, 6.07) is 22.7. The van der Waals surface area contributed by atoms with Gasteiger partial charge in [0.1, 0.15) is 17.5 Å². The van der Waals surface area contributed by atoms with E-state index in [1.54, 1.807) is 72.8 Å². The van der Waals surface area contributed by atoms with Crippen LogP contribution >= 0.6 is 0 Å². The van der Waals surface area contributed by atoms with Crippen LogP contribution in [0.15, 0.2) is 84.9 Å². The standard InChI is InChI=1S/C30H20F3N3/c31-26-9-10-27(35)22-5-2-16(12-24(22)26)20-7-8-23-25(30(20)33)13-17(14-28(23)36)21-4-1-15-11-18(34)3-6-19(15)29(21)32/h1-14H,34-36H2. The van der Waals surface area contributed by atoms with Crippen LogP contribution in [0, 0.1) is 17.5 Å². The first-order chi connectivity index (χ1) is 17.3. The largest absolute Gasteiger partial charge is 0.399 e. The highest BCUT2D eigenvalue weighted by Gasteiger charge is 2.17. The molecular formula is C30H20F3N3. The number of nitrogens with two attached hydrogens (primary N) is 3. The van der Waals surface area contributed by atoms with Gasteiger partial charge >= 0.3 is 0 Å². The molecule has 6 rings (SSSR count). The third-order valence-corrected chi connectivity index (χ3v) is 6.70. The van der Waals surface area contributed by atoms with E-state index in [0.717, 1.165) is 0 Å². The maximum Gasteiger partial charge on any atom is 0.138 e. The van der Waals surface area contributed by atoms with Gasteiger partial charge in [-0.3, -0.25) is 0 Å². The lowest BCUT2D eigenvalue weighted by atomic mass is 9.93. The number of anilines is 3. The maximum atomic E-state index is 15.9. The fraction of sp³-hybridized carbons (Fsp3) is 0. The molecular weight excluding hydrogens is 459 g/mol. The van der Waals surface area contributed by atoms with E-state index >= 15 is 8.78 Å². The summed E-state index contributed by atoms with van der Waals surface area (Å²) in [6.45, 7) is 0. The molecule has 6 N–H and O–H groups in total. The molecule has 0 bridgehead atoms. The van der Waals surface area contributed by atoms with E-state index in [4.69, 9.17) is 17.2 Å². The predicted octanol–water partition coefficient (Wildman–Crippen LogP) is 7.64. The van der Waals surface area contributed by atoms with Gasteiger partial charge in [-0.15, -0.1) is 0 Å². The number of hydrogen-bond donors (Lipinski definition) is 3. The molecule has 0 aliphatic heterocycles. The molecule has 36 heavy (non-hydrogen) atoms. The number of benzene rings is 6. The normalized spacial score (nSPS) is 11.5. The highest BCUT2D eigenvalue weighted by molar-refractivity contribution is 6.02. The summed E-state index contributed by atoms with van der Waals surface area (Å²) in [4.78, 5) is 0. The number of fused-ring (bicyclic) bond motifs is 3. The quantitative estimate of drug-likeness (QED) is 0.223. The van der Waals surface area contributed by atoms with Crippen molar-refractivity contribution >= 4 is 49.4 Å². The minimum absolute atomic E-state index is 0.243. The van der Waals surface area contributed by atoms with Crippen LogP contribution in [0.4, 0.5) is 30.2 Å². The van der Waals surface area contributed by atoms with Crippen LogP contribution in [-0.2, 0) is 0 Å². The molecule has 0 amide bonds. The molecule has 0 fully saturated rings. The van der Waals surface area contributed by atoms with E-state index in [1.165, 1.54) is 12.1 Å². The van der Waals surface area contributed by atoms with Crippen molar-refractivity contribution in [3.63, 3.8) is 0 Å². The van der Waals surface area contributed by atoms with Gasteiger partial charge in [-0.2, -0.15) is 0 Å². The van der Waals surface area contributed by atoms with E-state index in [1.807, 2.05) is 0 Å². The minimum Gasteiger partial charge on any atom is -0.399 e. The molecule has 0 atom stereocenters. The molecule has 6 heteroatoms. The Kier molecular flexibility index (Phi) is 4.79. The van der Waals surface area contributed by atoms with Crippen LogP contribution in [0.2, 0.25) is 0 Å². The van der Waals surface area contributed by atoms with Crippen molar-refractivity contribution in [2.24, 2.45) is 0 Å². The second kappa shape index (κ2) is 7.92. The Bertz CT molecular complexity index is 1860. The van der Waals surface area contributed by atoms with Crippen molar-refractivity contribution in [3.05, 3.63) is 102 Å². The lowest BCUT2D eigenvalue weighted by Gasteiger charge is -2.13. The fourth-order valence-corrected chi connectivity index (χ4v) is 4.84. The van der Waals surface area contributed by atoms with Gasteiger partial charge in [0.05, 0.1) is 0 Å². The molecule has 0 radical (unpaired) electrons. The van der Waals surface area contributed by atoms with Gasteiger partial charge in [0.25, 0.3) is 0 Å². The van der Waals surface area contributed by atoms with Crippen molar-refractivity contribution in [2.45, 2.75) is 0 Å². The zero-order valence-corrected chi connectivity index (χ0v) is 18.9. The van der Waals surface area contributed by atoms with E-state index in [2.05, 4.69) is 0 Å². The Morgan fingerprint density at radius 3 is 1.92 bits per heavy atom. The van der Waals surface area contributed by atoms with E-state index in [-0.39, 0.29) is 10.9 Å². The van der Waals surface area contributed by atoms with Crippen molar-refractivity contribution < 1.29 is 13.2 Å². The molecule has 0 aromatic heterocycles. The Morgan fingerprint density at radius 2 is 1.08 bits per heavy atom. The van der Waals surface area contributed by atoms with Crippen LogP contribution in [0.3, 0.4) is 0 Å². The second-order valence-electron chi connectivity index (χ2n) is 8.89. The Hall–Kier alpha value is -4.71. The second-order valence-corrected chi connectivity index (χ2v) is 8.89. The van der Waals surface area contributed by atoms with Crippen molar-refractivity contribution in [2.75, 3.05) is 17.2 Å². The number of rotatable bonds is 2. The number of hydrogen-bond acceptors (Lipinski definition) is 3. The highest BCUT2D eigenvalue weighted by Crippen LogP contribution is 2.38. The average Bonchev–Trinajstić information content (AvgIpc) is 2.87. The van der Waals surface area contributed by atoms with Crippen molar-refractivity contribution in [3.8, 4) is 22.3 Å². The summed E-state index contributed by atoms with van der Waals surface area (Å²) in [7, 11) is 0. The minimum atomic E-state index is -0.529. The molecule has 0 unspecified atom stereocenters. The van der Waals surface area contributed by atoms with E-state index in [9.17, 15) is 4.39 Å². The lowest BCUT2D eigenvalue weighted by molar-refractivity contribution is 0.639. The average molecular weight is 480 g/mol. The zero-order valence-electron chi connectivity index (χ0n) is 18.9. The predicted molar refractivity (Wildman–Crippen MR) is 143 cm³/mol. The fourth-order valence-electron chi connectivity index (χ4n) is 4.84. The van der Waals surface area contributed by atoms with E-state index < -0.39 is 17.5 Å². The molecule has 3 nitrogen and oxygen atoms in total. The van der Waals surface area contributed by atoms with Gasteiger partial charge in [0, 0.05) is 55.1 Å². The Morgan fingerprint density at radius 1 is 0.444 bits per heavy atom. The molecule has 0 spiro atoms. The molecule has 0 heterocycles. The molecule has 0 aliphatic carbocycles. The molecule has 0 saturated carbocycles. The molecule has 176 valence electrons. The zero-order chi connectivity index (χ0) is 25.1. The summed E-state index contributed by atoms with van der Waals surface area (Å²) in [5.41, 5.74) is 20.9. The first-order valence-electron chi connectivity index (χ1n) is 11.3. The third kappa shape index (κ3) is 3.30. The lowest BCUT2D eigenvalue weighted by Crippen LogP contribution is -1.95. The number of halogens is 3. The number of nitrogen functional groups attached to an aromatic ring is 3. The van der Waals surface area contributed by atoms with Crippen LogP contribution in [0.1, 0.15) is 0 Å². The SMILES string of the molecule is Nc1ccc2c(F)c(-c3cc(N)c4ccc(-c5ccc6c(N)ccc(F)c6c5)c(F)c4c3)ccc2c1. The summed E-state index contributed by atoms with van der Waals surface area (Å²) >= 11 is 0. The Balaban J connectivity index is 1.55. The van der Waals surface area contributed by atoms with Crippen LogP contribution in [-0.4, -0.2) is 0 Å². The third-order valence-electron chi connectivity index (χ3n) is 6.70. The van der Waals surface area contributed by atoms with Crippen molar-refractivity contribution in [1.29, 1.82) is 0 Å². The molecule has 0 aliphatic rings. The Labute approximate surface area is 204 Å². The van der Waals surface area contributed by atoms with Crippen LogP contribution < -0.4 is 17.2 Å². The molecule has 6 aromatic rings. The van der Waals surface area contributed by atoms with Gasteiger partial charge in [-0.1, -0.05) is 36.4 Å². The van der Waals surface area contributed by atoms with Crippen LogP contribution in [0.5, 0.6) is 0 Å². The summed E-state index contributed by atoms with van der Waals surface area (Å²) < 4.78 is 45.9. The first kappa shape index (κ1) is 21.8. The summed E-state index contributed by atoms with van der Waals surface area (Å²) in [5, 5.41) is 2.69. The van der Waals surface area contributed by atoms with Crippen molar-refractivity contribution in [1.82, 2.24) is 0 Å². The van der Waals surface area contributed by atoms with Gasteiger partial charge in [0.2, 0.25) is 0 Å².